The average Bonchev–Trinajstić information content (AvgIpc) is 3.18. The molecule has 0 unspecified atom stereocenters. The quantitative estimate of drug-likeness (QED) is 0.777. The summed E-state index contributed by atoms with van der Waals surface area (Å²) in [4.78, 5) is 25.3. The Morgan fingerprint density at radius 1 is 1.29 bits per heavy atom. The molecule has 0 saturated heterocycles. The number of hydrazone groups is 1. The Kier molecular flexibility index (Phi) is 2.61. The molecular formula is C12H17N3O2. The Hall–Kier alpha value is -1.39. The molecule has 1 heterocycles. The fourth-order valence-electron chi connectivity index (χ4n) is 2.16. The van der Waals surface area contributed by atoms with E-state index >= 15 is 0 Å². The molecule has 2 amide bonds. The number of nitrogens with one attached hydrogen (secondary N) is 1. The highest BCUT2D eigenvalue weighted by Crippen LogP contribution is 2.35. The largest absolute Gasteiger partial charge is 0.334 e. The third-order valence-corrected chi connectivity index (χ3v) is 3.55. The molecule has 5 nitrogen and oxygen atoms in total. The second-order valence-electron chi connectivity index (χ2n) is 5.23. The molecular weight excluding hydrogens is 218 g/mol. The zero-order valence-corrected chi connectivity index (χ0v) is 9.82. The summed E-state index contributed by atoms with van der Waals surface area (Å²) in [6.07, 6.45) is 5.61. The molecule has 0 radical (unpaired) electrons. The van der Waals surface area contributed by atoms with Crippen molar-refractivity contribution in [2.24, 2.45) is 11.0 Å². The summed E-state index contributed by atoms with van der Waals surface area (Å²) in [5.74, 6) is 0.652. The first-order chi connectivity index (χ1) is 8.24. The number of amides is 2. The summed E-state index contributed by atoms with van der Waals surface area (Å²) < 4.78 is 0. The maximum absolute atomic E-state index is 12.3. The van der Waals surface area contributed by atoms with Crippen LogP contribution in [0.4, 0.5) is 0 Å². The fraction of sp³-hybridized carbons (Fsp3) is 0.750. The lowest BCUT2D eigenvalue weighted by atomic mass is 10.1. The Bertz CT molecular complexity index is 383. The number of carbonyl (C=O) groups is 2. The summed E-state index contributed by atoms with van der Waals surface area (Å²) in [7, 11) is 0. The second kappa shape index (κ2) is 4.13. The molecule has 0 bridgehead atoms. The van der Waals surface area contributed by atoms with Crippen LogP contribution in [0.15, 0.2) is 5.10 Å². The van der Waals surface area contributed by atoms with Crippen LogP contribution in [0.1, 0.15) is 38.5 Å². The van der Waals surface area contributed by atoms with Crippen LogP contribution < -0.4 is 5.43 Å². The molecule has 3 rings (SSSR count). The van der Waals surface area contributed by atoms with Crippen LogP contribution in [0.5, 0.6) is 0 Å². The van der Waals surface area contributed by atoms with Crippen LogP contribution in [0.2, 0.25) is 0 Å². The van der Waals surface area contributed by atoms with Gasteiger partial charge < -0.3 is 4.90 Å². The van der Waals surface area contributed by atoms with Gasteiger partial charge in [0.2, 0.25) is 5.91 Å². The minimum atomic E-state index is -0.0956. The lowest BCUT2D eigenvalue weighted by Gasteiger charge is -2.24. The van der Waals surface area contributed by atoms with E-state index in [-0.39, 0.29) is 11.8 Å². The number of rotatable bonds is 4. The van der Waals surface area contributed by atoms with Gasteiger partial charge in [-0.3, -0.25) is 9.59 Å². The molecule has 3 aliphatic rings. The molecule has 1 aliphatic heterocycles. The molecule has 92 valence electrons. The Morgan fingerprint density at radius 2 is 2.06 bits per heavy atom. The van der Waals surface area contributed by atoms with E-state index in [1.165, 1.54) is 12.8 Å². The maximum Gasteiger partial charge on any atom is 0.270 e. The van der Waals surface area contributed by atoms with Gasteiger partial charge in [0.05, 0.1) is 0 Å². The lowest BCUT2D eigenvalue weighted by molar-refractivity contribution is -0.125. The van der Waals surface area contributed by atoms with Gasteiger partial charge in [-0.2, -0.15) is 5.10 Å². The van der Waals surface area contributed by atoms with Crippen LogP contribution in [0, 0.1) is 5.92 Å². The van der Waals surface area contributed by atoms with Gasteiger partial charge in [0.1, 0.15) is 5.71 Å². The van der Waals surface area contributed by atoms with Gasteiger partial charge >= 0.3 is 0 Å². The van der Waals surface area contributed by atoms with Crippen LogP contribution >= 0.6 is 0 Å². The minimum Gasteiger partial charge on any atom is -0.334 e. The highest BCUT2D eigenvalue weighted by atomic mass is 16.2. The van der Waals surface area contributed by atoms with Crippen molar-refractivity contribution in [3.8, 4) is 0 Å². The molecule has 2 saturated carbocycles. The van der Waals surface area contributed by atoms with Crippen molar-refractivity contribution >= 4 is 17.5 Å². The molecule has 0 aromatic rings. The molecule has 2 aliphatic carbocycles. The zero-order chi connectivity index (χ0) is 11.8. The number of hydrogen-bond acceptors (Lipinski definition) is 3. The molecule has 2 fully saturated rings. The maximum atomic E-state index is 12.3. The van der Waals surface area contributed by atoms with Crippen molar-refractivity contribution < 1.29 is 9.59 Å². The second-order valence-corrected chi connectivity index (χ2v) is 5.23. The molecule has 0 aromatic heterocycles. The smallest absolute Gasteiger partial charge is 0.270 e. The minimum absolute atomic E-state index is 0.0411. The van der Waals surface area contributed by atoms with Gasteiger partial charge in [-0.25, -0.2) is 5.43 Å². The van der Waals surface area contributed by atoms with E-state index in [1.807, 2.05) is 4.90 Å². The van der Waals surface area contributed by atoms with Crippen molar-refractivity contribution in [2.45, 2.75) is 44.6 Å². The van der Waals surface area contributed by atoms with Crippen LogP contribution in [0.25, 0.3) is 0 Å². The third-order valence-electron chi connectivity index (χ3n) is 3.55. The van der Waals surface area contributed by atoms with Crippen molar-refractivity contribution in [2.75, 3.05) is 6.54 Å². The summed E-state index contributed by atoms with van der Waals surface area (Å²) in [5.41, 5.74) is 2.92. The first-order valence-corrected chi connectivity index (χ1v) is 6.40. The van der Waals surface area contributed by atoms with E-state index < -0.39 is 0 Å². The van der Waals surface area contributed by atoms with E-state index in [2.05, 4.69) is 10.5 Å². The molecule has 17 heavy (non-hydrogen) atoms. The third kappa shape index (κ3) is 2.48. The SMILES string of the molecule is O=C1CCC(C(=O)N(CC2CC2)C2CC2)=NN1. The van der Waals surface area contributed by atoms with Gasteiger partial charge in [0.25, 0.3) is 5.91 Å². The zero-order valence-electron chi connectivity index (χ0n) is 9.82. The van der Waals surface area contributed by atoms with Crippen molar-refractivity contribution in [3.05, 3.63) is 0 Å². The first kappa shape index (κ1) is 10.7. The normalized spacial score (nSPS) is 24.0. The van der Waals surface area contributed by atoms with E-state index in [4.69, 9.17) is 0 Å². The van der Waals surface area contributed by atoms with E-state index in [1.54, 1.807) is 0 Å². The summed E-state index contributed by atoms with van der Waals surface area (Å²) in [6, 6.07) is 0.434. The van der Waals surface area contributed by atoms with Crippen molar-refractivity contribution in [3.63, 3.8) is 0 Å². The topological polar surface area (TPSA) is 61.8 Å². The predicted octanol–water partition coefficient (Wildman–Crippen LogP) is 0.653. The van der Waals surface area contributed by atoms with Gasteiger partial charge in [-0.1, -0.05) is 0 Å². The van der Waals surface area contributed by atoms with Crippen molar-refractivity contribution in [1.82, 2.24) is 10.3 Å². The van der Waals surface area contributed by atoms with Crippen LogP contribution in [-0.4, -0.2) is 35.0 Å². The van der Waals surface area contributed by atoms with Crippen LogP contribution in [-0.2, 0) is 9.59 Å². The first-order valence-electron chi connectivity index (χ1n) is 6.40. The highest BCUT2D eigenvalue weighted by molar-refractivity contribution is 6.39. The Balaban J connectivity index is 1.67. The Labute approximate surface area is 100 Å². The van der Waals surface area contributed by atoms with Gasteiger partial charge in [0, 0.05) is 25.4 Å². The molecule has 1 N–H and O–H groups in total. The number of carbonyl (C=O) groups excluding carboxylic acids is 2. The van der Waals surface area contributed by atoms with Crippen molar-refractivity contribution in [1.29, 1.82) is 0 Å². The highest BCUT2D eigenvalue weighted by Gasteiger charge is 2.38. The molecule has 0 aromatic carbocycles. The average molecular weight is 235 g/mol. The van der Waals surface area contributed by atoms with E-state index in [0.717, 1.165) is 19.4 Å². The Morgan fingerprint density at radius 3 is 2.59 bits per heavy atom. The van der Waals surface area contributed by atoms with Gasteiger partial charge in [-0.05, 0) is 31.6 Å². The molecule has 0 spiro atoms. The summed E-state index contributed by atoms with van der Waals surface area (Å²) in [6.45, 7) is 0.885. The summed E-state index contributed by atoms with van der Waals surface area (Å²) in [5, 5.41) is 3.90. The number of nitrogens with zero attached hydrogens (tertiary/aromatic N) is 2. The van der Waals surface area contributed by atoms with Gasteiger partial charge in [0.15, 0.2) is 0 Å². The molecule has 5 heteroatoms. The standard InChI is InChI=1S/C12H17N3O2/c16-11-6-5-10(13-14-11)12(17)15(9-3-4-9)7-8-1-2-8/h8-9H,1-7H2,(H,14,16). The monoisotopic (exact) mass is 235 g/mol. The van der Waals surface area contributed by atoms with E-state index in [0.29, 0.717) is 30.5 Å². The van der Waals surface area contributed by atoms with Crippen LogP contribution in [0.3, 0.4) is 0 Å². The lowest BCUT2D eigenvalue weighted by Crippen LogP contribution is -2.42. The summed E-state index contributed by atoms with van der Waals surface area (Å²) >= 11 is 0. The predicted molar refractivity (Wildman–Crippen MR) is 62.3 cm³/mol. The number of hydrogen-bond donors (Lipinski definition) is 1. The van der Waals surface area contributed by atoms with E-state index in [9.17, 15) is 9.59 Å². The fourth-order valence-corrected chi connectivity index (χ4v) is 2.16. The molecule has 0 atom stereocenters. The van der Waals surface area contributed by atoms with Gasteiger partial charge in [-0.15, -0.1) is 0 Å².